The molecule has 4 aromatic heterocycles. The van der Waals surface area contributed by atoms with Crippen molar-refractivity contribution >= 4 is 68.4 Å². The van der Waals surface area contributed by atoms with Gasteiger partial charge in [0, 0.05) is 69.1 Å². The van der Waals surface area contributed by atoms with E-state index in [1.54, 1.807) is 43.7 Å². The van der Waals surface area contributed by atoms with Crippen LogP contribution >= 0.6 is 23.1 Å². The van der Waals surface area contributed by atoms with Crippen molar-refractivity contribution in [1.29, 1.82) is 0 Å². The number of nitrogens with one attached hydrogen (secondary N) is 3. The molecule has 5 aromatic rings. The Bertz CT molecular complexity index is 1850. The fourth-order valence-electron chi connectivity index (χ4n) is 5.05. The predicted molar refractivity (Wildman–Crippen MR) is 173 cm³/mol. The van der Waals surface area contributed by atoms with E-state index in [2.05, 4.69) is 56.8 Å². The highest BCUT2D eigenvalue weighted by Crippen LogP contribution is 2.42. The quantitative estimate of drug-likeness (QED) is 0.205. The number of ether oxygens (including phenoxy) is 1. The summed E-state index contributed by atoms with van der Waals surface area (Å²) in [6.45, 7) is 6.82. The molecule has 43 heavy (non-hydrogen) atoms. The molecule has 0 atom stereocenters. The second-order valence-corrected chi connectivity index (χ2v) is 14.4. The van der Waals surface area contributed by atoms with Gasteiger partial charge in [-0.25, -0.2) is 4.98 Å². The van der Waals surface area contributed by atoms with Crippen LogP contribution in [0.4, 0.5) is 29.0 Å². The molecule has 1 saturated heterocycles. The van der Waals surface area contributed by atoms with E-state index in [0.717, 1.165) is 43.1 Å². The summed E-state index contributed by atoms with van der Waals surface area (Å²) < 4.78 is 21.5. The number of benzene rings is 1. The molecule has 3 N–H and O–H groups in total. The van der Waals surface area contributed by atoms with Crippen LogP contribution in [-0.2, 0) is 11.6 Å². The Morgan fingerprint density at radius 1 is 1.02 bits per heavy atom. The molecule has 1 aliphatic heterocycles. The minimum atomic E-state index is -2.76. The van der Waals surface area contributed by atoms with Crippen molar-refractivity contribution < 1.29 is 9.30 Å². The fraction of sp³-hybridized carbons (Fsp3) is 0.286. The molecule has 0 radical (unpaired) electrons. The van der Waals surface area contributed by atoms with Crippen molar-refractivity contribution in [2.75, 3.05) is 62.2 Å². The fourth-order valence-corrected chi connectivity index (χ4v) is 6.74. The first-order valence-corrected chi connectivity index (χ1v) is 17.0. The highest BCUT2D eigenvalue weighted by Gasteiger charge is 2.24. The zero-order chi connectivity index (χ0) is 30.1. The van der Waals surface area contributed by atoms with Gasteiger partial charge in [-0.05, 0) is 47.5 Å². The van der Waals surface area contributed by atoms with E-state index < -0.39 is 7.14 Å². The number of hydrogen-bond donors (Lipinski definition) is 3. The predicted octanol–water partition coefficient (Wildman–Crippen LogP) is 4.13. The Kier molecular flexibility index (Phi) is 7.99. The third-order valence-corrected chi connectivity index (χ3v) is 9.10. The molecule has 0 aliphatic carbocycles. The van der Waals surface area contributed by atoms with Gasteiger partial charge in [-0.2, -0.15) is 15.1 Å². The maximum Gasteiger partial charge on any atom is 0.239 e. The normalized spacial score (nSPS) is 13.7. The number of pyridine rings is 1. The van der Waals surface area contributed by atoms with Crippen LogP contribution in [-0.4, -0.2) is 81.3 Å². The molecule has 0 unspecified atom stereocenters. The zero-order valence-corrected chi connectivity index (χ0v) is 26.6. The van der Waals surface area contributed by atoms with Crippen LogP contribution < -0.4 is 30.9 Å². The summed E-state index contributed by atoms with van der Waals surface area (Å²) in [4.78, 5) is 25.2. The average Bonchev–Trinajstić information content (AvgIpc) is 3.44. The standard InChI is InChI=1S/C28H31BrN11O2P/c1-39-16-17(14-34-39)18-13-22(27(42-2)38-26(18)40-11-9-30-10-12-40)36-28-33-15-19(29)25(37-28)35-21-6-5-20-23(32-8-7-31-20)24(21)43(3,4)41/h5-8,13-16,30H,9-12H2,1-4H3,(H2,33,35,36,37). The lowest BCUT2D eigenvalue weighted by Crippen LogP contribution is -2.44. The molecule has 0 bridgehead atoms. The lowest BCUT2D eigenvalue weighted by Gasteiger charge is -2.30. The monoisotopic (exact) mass is 663 g/mol. The largest absolute Gasteiger partial charge is 0.479 e. The number of piperazine rings is 1. The Balaban J connectivity index is 1.38. The summed E-state index contributed by atoms with van der Waals surface area (Å²) in [5.74, 6) is 2.03. The molecule has 222 valence electrons. The summed E-state index contributed by atoms with van der Waals surface area (Å²) in [5.41, 5.74) is 4.34. The number of hydrogen-bond acceptors (Lipinski definition) is 12. The molecule has 1 aliphatic rings. The molecule has 0 amide bonds. The number of methoxy groups -OCH3 is 1. The molecule has 5 heterocycles. The molecule has 13 nitrogen and oxygen atoms in total. The first kappa shape index (κ1) is 29.0. The Hall–Kier alpha value is -4.13. The van der Waals surface area contributed by atoms with Gasteiger partial charge in [-0.15, -0.1) is 0 Å². The molecule has 0 saturated carbocycles. The summed E-state index contributed by atoms with van der Waals surface area (Å²) in [6.07, 6.45) is 8.65. The van der Waals surface area contributed by atoms with E-state index in [1.165, 1.54) is 0 Å². The third kappa shape index (κ3) is 6.03. The van der Waals surface area contributed by atoms with Gasteiger partial charge in [0.2, 0.25) is 11.8 Å². The topological polar surface area (TPSA) is 148 Å². The highest BCUT2D eigenvalue weighted by molar-refractivity contribution is 9.10. The van der Waals surface area contributed by atoms with Gasteiger partial charge in [-0.1, -0.05) is 0 Å². The van der Waals surface area contributed by atoms with Crippen LogP contribution in [0.3, 0.4) is 0 Å². The second-order valence-electron chi connectivity index (χ2n) is 10.4. The molecule has 0 spiro atoms. The number of rotatable bonds is 8. The summed E-state index contributed by atoms with van der Waals surface area (Å²) in [5, 5.41) is 15.0. The zero-order valence-electron chi connectivity index (χ0n) is 24.2. The number of anilines is 5. The van der Waals surface area contributed by atoms with E-state index in [1.807, 2.05) is 37.6 Å². The molecular formula is C28H31BrN11O2P. The maximum atomic E-state index is 13.4. The summed E-state index contributed by atoms with van der Waals surface area (Å²) >= 11 is 3.56. The van der Waals surface area contributed by atoms with E-state index in [-0.39, 0.29) is 0 Å². The van der Waals surface area contributed by atoms with Crippen molar-refractivity contribution in [2.24, 2.45) is 7.05 Å². The number of halogens is 1. The molecule has 1 fully saturated rings. The van der Waals surface area contributed by atoms with Crippen molar-refractivity contribution in [1.82, 2.24) is 40.0 Å². The number of aromatic nitrogens is 7. The molecular weight excluding hydrogens is 633 g/mol. The third-order valence-electron chi connectivity index (χ3n) is 6.99. The average molecular weight is 665 g/mol. The lowest BCUT2D eigenvalue weighted by atomic mass is 10.1. The molecule has 6 rings (SSSR count). The van der Waals surface area contributed by atoms with E-state index >= 15 is 0 Å². The molecule has 1 aromatic carbocycles. The first-order valence-electron chi connectivity index (χ1n) is 13.6. The van der Waals surface area contributed by atoms with Crippen LogP contribution in [0.25, 0.3) is 22.2 Å². The van der Waals surface area contributed by atoms with E-state index in [4.69, 9.17) is 14.7 Å². The summed E-state index contributed by atoms with van der Waals surface area (Å²) in [6, 6.07) is 5.67. The van der Waals surface area contributed by atoms with Crippen LogP contribution in [0.2, 0.25) is 0 Å². The number of nitrogens with zero attached hydrogens (tertiary/aromatic N) is 8. The highest BCUT2D eigenvalue weighted by atomic mass is 79.9. The second kappa shape index (κ2) is 11.9. The minimum absolute atomic E-state index is 0.316. The van der Waals surface area contributed by atoms with Crippen molar-refractivity contribution in [3.05, 3.63) is 53.7 Å². The Morgan fingerprint density at radius 3 is 2.53 bits per heavy atom. The number of fused-ring (bicyclic) bond motifs is 1. The maximum absolute atomic E-state index is 13.4. The Morgan fingerprint density at radius 2 is 1.81 bits per heavy atom. The van der Waals surface area contributed by atoms with Gasteiger partial charge in [-0.3, -0.25) is 14.6 Å². The van der Waals surface area contributed by atoms with Crippen molar-refractivity contribution in [3.8, 4) is 17.0 Å². The van der Waals surface area contributed by atoms with E-state index in [0.29, 0.717) is 49.8 Å². The smallest absolute Gasteiger partial charge is 0.239 e. The van der Waals surface area contributed by atoms with Crippen LogP contribution in [0.1, 0.15) is 0 Å². The lowest BCUT2D eigenvalue weighted by molar-refractivity contribution is 0.399. The SMILES string of the molecule is COc1nc(N2CCNCC2)c(-c2cnn(C)c2)cc1Nc1ncc(Br)c(Nc2ccc3nccnc3c2P(C)(C)=O)n1. The van der Waals surface area contributed by atoms with Crippen molar-refractivity contribution in [3.63, 3.8) is 0 Å². The van der Waals surface area contributed by atoms with Crippen LogP contribution in [0.5, 0.6) is 5.88 Å². The van der Waals surface area contributed by atoms with Gasteiger partial charge in [0.1, 0.15) is 30.0 Å². The van der Waals surface area contributed by atoms with Gasteiger partial charge in [0.15, 0.2) is 0 Å². The van der Waals surface area contributed by atoms with Gasteiger partial charge >= 0.3 is 0 Å². The van der Waals surface area contributed by atoms with Gasteiger partial charge in [0.05, 0.1) is 34.3 Å². The van der Waals surface area contributed by atoms with E-state index in [9.17, 15) is 4.57 Å². The van der Waals surface area contributed by atoms with Gasteiger partial charge < -0.3 is 30.2 Å². The number of aryl methyl sites for hydroxylation is 1. The Labute approximate surface area is 257 Å². The van der Waals surface area contributed by atoms with Crippen LogP contribution in [0.15, 0.2) is 53.7 Å². The first-order chi connectivity index (χ1) is 20.7. The molecule has 15 heteroatoms. The minimum Gasteiger partial charge on any atom is -0.479 e. The van der Waals surface area contributed by atoms with Crippen LogP contribution in [0, 0.1) is 0 Å². The van der Waals surface area contributed by atoms with Gasteiger partial charge in [0.25, 0.3) is 0 Å². The summed E-state index contributed by atoms with van der Waals surface area (Å²) in [7, 11) is 0.717. The van der Waals surface area contributed by atoms with Crippen molar-refractivity contribution in [2.45, 2.75) is 0 Å².